The number of aromatic nitrogens is 1. The van der Waals surface area contributed by atoms with Crippen molar-refractivity contribution in [3.05, 3.63) is 23.9 Å². The molecule has 2 N–H and O–H groups in total. The minimum atomic E-state index is -0.577. The van der Waals surface area contributed by atoms with Gasteiger partial charge >= 0.3 is 0 Å². The Morgan fingerprint density at radius 3 is 2.62 bits per heavy atom. The van der Waals surface area contributed by atoms with E-state index in [4.69, 9.17) is 14.6 Å². The van der Waals surface area contributed by atoms with Crippen LogP contribution in [0.1, 0.15) is 38.1 Å². The van der Waals surface area contributed by atoms with Crippen LogP contribution in [0.25, 0.3) is 0 Å². The van der Waals surface area contributed by atoms with Crippen molar-refractivity contribution in [2.75, 3.05) is 19.8 Å². The molecule has 118 valence electrons. The molecule has 0 aliphatic carbocycles. The van der Waals surface area contributed by atoms with E-state index in [-0.39, 0.29) is 18.1 Å². The van der Waals surface area contributed by atoms with Crippen molar-refractivity contribution in [2.45, 2.75) is 39.4 Å². The molecule has 0 aliphatic rings. The zero-order chi connectivity index (χ0) is 15.9. The SMILES string of the molecule is CC(O)CNC(=O)c1ccc(OCCOC(C)(C)C)nc1. The average Bonchev–Trinajstić information content (AvgIpc) is 2.40. The molecular formula is C15H24N2O4. The Labute approximate surface area is 125 Å². The van der Waals surface area contributed by atoms with Crippen LogP contribution in [0.4, 0.5) is 0 Å². The highest BCUT2D eigenvalue weighted by atomic mass is 16.5. The topological polar surface area (TPSA) is 80.7 Å². The highest BCUT2D eigenvalue weighted by Gasteiger charge is 2.10. The van der Waals surface area contributed by atoms with Gasteiger partial charge in [0, 0.05) is 18.8 Å². The predicted molar refractivity (Wildman–Crippen MR) is 79.5 cm³/mol. The summed E-state index contributed by atoms with van der Waals surface area (Å²) in [4.78, 5) is 15.8. The number of ether oxygens (including phenoxy) is 2. The predicted octanol–water partition coefficient (Wildman–Crippen LogP) is 1.39. The summed E-state index contributed by atoms with van der Waals surface area (Å²) in [6, 6.07) is 3.26. The van der Waals surface area contributed by atoms with Gasteiger partial charge in [0.15, 0.2) is 0 Å². The summed E-state index contributed by atoms with van der Waals surface area (Å²) in [6.45, 7) is 8.62. The summed E-state index contributed by atoms with van der Waals surface area (Å²) in [5.74, 6) is 0.172. The fourth-order valence-corrected chi connectivity index (χ4v) is 1.44. The van der Waals surface area contributed by atoms with Gasteiger partial charge in [0.1, 0.15) is 6.61 Å². The Balaban J connectivity index is 2.38. The molecular weight excluding hydrogens is 272 g/mol. The third-order valence-electron chi connectivity index (χ3n) is 2.42. The normalized spacial score (nSPS) is 12.8. The number of hydrogen-bond acceptors (Lipinski definition) is 5. The average molecular weight is 296 g/mol. The second kappa shape index (κ2) is 7.95. The zero-order valence-corrected chi connectivity index (χ0v) is 13.0. The fraction of sp³-hybridized carbons (Fsp3) is 0.600. The van der Waals surface area contributed by atoms with E-state index in [0.717, 1.165) is 0 Å². The number of aliphatic hydroxyl groups is 1. The largest absolute Gasteiger partial charge is 0.475 e. The van der Waals surface area contributed by atoms with E-state index in [1.54, 1.807) is 19.1 Å². The van der Waals surface area contributed by atoms with Crippen LogP contribution in [0.15, 0.2) is 18.3 Å². The van der Waals surface area contributed by atoms with Gasteiger partial charge in [-0.1, -0.05) is 0 Å². The summed E-state index contributed by atoms with van der Waals surface area (Å²) in [5.41, 5.74) is 0.233. The standard InChI is InChI=1S/C15H24N2O4/c1-11(18)9-17-14(19)12-5-6-13(16-10-12)20-7-8-21-15(2,3)4/h5-6,10-11,18H,7-9H2,1-4H3,(H,17,19). The third-order valence-corrected chi connectivity index (χ3v) is 2.42. The molecule has 6 nitrogen and oxygen atoms in total. The zero-order valence-electron chi connectivity index (χ0n) is 13.0. The number of aliphatic hydroxyl groups excluding tert-OH is 1. The monoisotopic (exact) mass is 296 g/mol. The highest BCUT2D eigenvalue weighted by molar-refractivity contribution is 5.93. The van der Waals surface area contributed by atoms with Crippen LogP contribution in [0.2, 0.25) is 0 Å². The lowest BCUT2D eigenvalue weighted by molar-refractivity contribution is -0.0168. The number of carbonyl (C=O) groups is 1. The summed E-state index contributed by atoms with van der Waals surface area (Å²) in [7, 11) is 0. The van der Waals surface area contributed by atoms with Gasteiger partial charge in [-0.15, -0.1) is 0 Å². The van der Waals surface area contributed by atoms with Crippen LogP contribution in [0.3, 0.4) is 0 Å². The smallest absolute Gasteiger partial charge is 0.252 e. The number of nitrogens with zero attached hydrogens (tertiary/aromatic N) is 1. The summed E-state index contributed by atoms with van der Waals surface area (Å²) >= 11 is 0. The van der Waals surface area contributed by atoms with Crippen molar-refractivity contribution in [3.63, 3.8) is 0 Å². The van der Waals surface area contributed by atoms with Crippen molar-refractivity contribution in [1.82, 2.24) is 10.3 Å². The van der Waals surface area contributed by atoms with E-state index in [9.17, 15) is 4.79 Å². The van der Waals surface area contributed by atoms with Crippen molar-refractivity contribution < 1.29 is 19.4 Å². The van der Waals surface area contributed by atoms with Gasteiger partial charge in [0.25, 0.3) is 5.91 Å². The molecule has 0 saturated carbocycles. The Hall–Kier alpha value is -1.66. The fourth-order valence-electron chi connectivity index (χ4n) is 1.44. The van der Waals surface area contributed by atoms with Crippen molar-refractivity contribution >= 4 is 5.91 Å². The first-order valence-electron chi connectivity index (χ1n) is 6.97. The number of carbonyl (C=O) groups excluding carboxylic acids is 1. The molecule has 1 rings (SSSR count). The molecule has 1 aromatic rings. The number of pyridine rings is 1. The molecule has 21 heavy (non-hydrogen) atoms. The van der Waals surface area contributed by atoms with Crippen molar-refractivity contribution in [3.8, 4) is 5.88 Å². The lowest BCUT2D eigenvalue weighted by atomic mass is 10.2. The van der Waals surface area contributed by atoms with E-state index in [2.05, 4.69) is 10.3 Å². The minimum absolute atomic E-state index is 0.192. The molecule has 1 heterocycles. The molecule has 1 unspecified atom stereocenters. The summed E-state index contributed by atoms with van der Waals surface area (Å²) in [6.07, 6.45) is 0.865. The van der Waals surface area contributed by atoms with Gasteiger partial charge < -0.3 is 19.9 Å². The summed E-state index contributed by atoms with van der Waals surface area (Å²) in [5, 5.41) is 11.7. The first kappa shape index (κ1) is 17.4. The quantitative estimate of drug-likeness (QED) is 0.743. The lowest BCUT2D eigenvalue weighted by Gasteiger charge is -2.19. The second-order valence-corrected chi connectivity index (χ2v) is 5.75. The van der Waals surface area contributed by atoms with Crippen LogP contribution in [-0.2, 0) is 4.74 Å². The molecule has 6 heteroatoms. The van der Waals surface area contributed by atoms with Crippen LogP contribution < -0.4 is 10.1 Å². The first-order chi connectivity index (χ1) is 9.78. The van der Waals surface area contributed by atoms with Crippen LogP contribution in [-0.4, -0.2) is 47.5 Å². The Morgan fingerprint density at radius 1 is 1.38 bits per heavy atom. The number of rotatable bonds is 7. The van der Waals surface area contributed by atoms with Gasteiger partial charge in [-0.05, 0) is 33.8 Å². The molecule has 0 aliphatic heterocycles. The molecule has 1 amide bonds. The maximum absolute atomic E-state index is 11.7. The Morgan fingerprint density at radius 2 is 2.10 bits per heavy atom. The number of nitrogens with one attached hydrogen (secondary N) is 1. The Kier molecular flexibility index (Phi) is 6.58. The molecule has 1 aromatic heterocycles. The minimum Gasteiger partial charge on any atom is -0.475 e. The second-order valence-electron chi connectivity index (χ2n) is 5.75. The van der Waals surface area contributed by atoms with E-state index >= 15 is 0 Å². The molecule has 0 saturated heterocycles. The molecule has 0 fully saturated rings. The molecule has 1 atom stereocenters. The van der Waals surface area contributed by atoms with Gasteiger partial charge in [-0.3, -0.25) is 4.79 Å². The van der Waals surface area contributed by atoms with E-state index < -0.39 is 6.10 Å². The highest BCUT2D eigenvalue weighted by Crippen LogP contribution is 2.09. The molecule has 0 spiro atoms. The van der Waals surface area contributed by atoms with Gasteiger partial charge in [0.05, 0.1) is 23.9 Å². The van der Waals surface area contributed by atoms with Gasteiger partial charge in [0.2, 0.25) is 5.88 Å². The summed E-state index contributed by atoms with van der Waals surface area (Å²) < 4.78 is 11.0. The van der Waals surface area contributed by atoms with Crippen molar-refractivity contribution in [1.29, 1.82) is 0 Å². The van der Waals surface area contributed by atoms with Crippen molar-refractivity contribution in [2.24, 2.45) is 0 Å². The molecule has 0 radical (unpaired) electrons. The van der Waals surface area contributed by atoms with Crippen LogP contribution >= 0.6 is 0 Å². The number of amides is 1. The van der Waals surface area contributed by atoms with E-state index in [1.807, 2.05) is 20.8 Å². The van der Waals surface area contributed by atoms with E-state index in [1.165, 1.54) is 6.20 Å². The third kappa shape index (κ3) is 7.63. The Bertz CT molecular complexity index is 438. The molecule has 0 aromatic carbocycles. The maximum Gasteiger partial charge on any atom is 0.252 e. The van der Waals surface area contributed by atoms with E-state index in [0.29, 0.717) is 24.7 Å². The van der Waals surface area contributed by atoms with Gasteiger partial charge in [-0.25, -0.2) is 4.98 Å². The lowest BCUT2D eigenvalue weighted by Crippen LogP contribution is -2.30. The number of hydrogen-bond donors (Lipinski definition) is 2. The van der Waals surface area contributed by atoms with Crippen LogP contribution in [0, 0.1) is 0 Å². The molecule has 0 bridgehead atoms. The first-order valence-corrected chi connectivity index (χ1v) is 6.97. The maximum atomic E-state index is 11.7. The van der Waals surface area contributed by atoms with Gasteiger partial charge in [-0.2, -0.15) is 0 Å². The van der Waals surface area contributed by atoms with Crippen LogP contribution in [0.5, 0.6) is 5.88 Å².